The highest BCUT2D eigenvalue weighted by atomic mass is 16.5. The largest absolute Gasteiger partial charge is 0.375 e. The zero-order valence-corrected chi connectivity index (χ0v) is 4.85. The van der Waals surface area contributed by atoms with Gasteiger partial charge in [-0.25, -0.2) is 0 Å². The van der Waals surface area contributed by atoms with Crippen LogP contribution in [0.4, 0.5) is 0 Å². The first kappa shape index (κ1) is 6.70. The minimum atomic E-state index is 0.102. The molecule has 0 aromatic heterocycles. The number of rotatable bonds is 3. The third-order valence-electron chi connectivity index (χ3n) is 0.701. The van der Waals surface area contributed by atoms with Crippen LogP contribution in [0.1, 0.15) is 13.8 Å². The van der Waals surface area contributed by atoms with Crippen LogP contribution >= 0.6 is 0 Å². The number of ether oxygens (including phenoxy) is 1. The Bertz CT molecular complexity index is 50.1. The lowest BCUT2D eigenvalue weighted by molar-refractivity contribution is 0.109. The van der Waals surface area contributed by atoms with Crippen LogP contribution < -0.4 is 0 Å². The van der Waals surface area contributed by atoms with E-state index >= 15 is 0 Å². The van der Waals surface area contributed by atoms with E-state index in [-0.39, 0.29) is 6.10 Å². The molecule has 0 saturated heterocycles. The molecule has 0 aromatic carbocycles. The molecular weight excluding hydrogens is 88.1 g/mol. The van der Waals surface area contributed by atoms with Gasteiger partial charge in [-0.2, -0.15) is 0 Å². The van der Waals surface area contributed by atoms with Crippen molar-refractivity contribution >= 4 is 0 Å². The lowest BCUT2D eigenvalue weighted by atomic mass is 10.4. The molecule has 1 nitrogen and oxygen atoms in total. The summed E-state index contributed by atoms with van der Waals surface area (Å²) in [6.45, 7) is 9.69. The van der Waals surface area contributed by atoms with Crippen molar-refractivity contribution in [3.8, 4) is 0 Å². The van der Waals surface area contributed by atoms with E-state index in [1.54, 1.807) is 0 Å². The topological polar surface area (TPSA) is 9.23 Å². The van der Waals surface area contributed by atoms with Crippen molar-refractivity contribution in [3.63, 3.8) is 0 Å². The Kier molecular flexibility index (Phi) is 3.71. The normalized spacial score (nSPS) is 13.4. The summed E-state index contributed by atoms with van der Waals surface area (Å²) >= 11 is 0. The van der Waals surface area contributed by atoms with E-state index in [1.165, 1.54) is 6.08 Å². The third-order valence-corrected chi connectivity index (χ3v) is 0.701. The van der Waals surface area contributed by atoms with Gasteiger partial charge >= 0.3 is 0 Å². The SMILES string of the molecule is [CH]=CC(C)OCC. The quantitative estimate of drug-likeness (QED) is 0.519. The van der Waals surface area contributed by atoms with Crippen molar-refractivity contribution < 1.29 is 4.74 Å². The molecule has 7 heavy (non-hydrogen) atoms. The molecule has 0 spiro atoms. The maximum Gasteiger partial charge on any atom is 0.0730 e. The summed E-state index contributed by atoms with van der Waals surface area (Å²) in [5.74, 6) is 0. The Hall–Kier alpha value is -0.300. The first-order valence-electron chi connectivity index (χ1n) is 2.48. The summed E-state index contributed by atoms with van der Waals surface area (Å²) in [6, 6.07) is 0. The fourth-order valence-corrected chi connectivity index (χ4v) is 0.318. The van der Waals surface area contributed by atoms with Crippen LogP contribution in [-0.4, -0.2) is 12.7 Å². The molecule has 0 rings (SSSR count). The van der Waals surface area contributed by atoms with Crippen molar-refractivity contribution in [2.75, 3.05) is 6.61 Å². The summed E-state index contributed by atoms with van der Waals surface area (Å²) in [5.41, 5.74) is 0. The van der Waals surface area contributed by atoms with Crippen molar-refractivity contribution in [1.29, 1.82) is 0 Å². The van der Waals surface area contributed by atoms with Crippen LogP contribution in [0, 0.1) is 6.58 Å². The highest BCUT2D eigenvalue weighted by Gasteiger charge is 1.87. The summed E-state index contributed by atoms with van der Waals surface area (Å²) in [6.07, 6.45) is 1.63. The molecule has 1 unspecified atom stereocenters. The lowest BCUT2D eigenvalue weighted by Gasteiger charge is -2.02. The first-order valence-corrected chi connectivity index (χ1v) is 2.48. The maximum absolute atomic E-state index is 5.11. The summed E-state index contributed by atoms with van der Waals surface area (Å²) in [4.78, 5) is 0. The summed E-state index contributed by atoms with van der Waals surface area (Å²) in [7, 11) is 0. The number of hydrogen-bond donors (Lipinski definition) is 0. The van der Waals surface area contributed by atoms with Gasteiger partial charge in [0.1, 0.15) is 0 Å². The second-order valence-corrected chi connectivity index (χ2v) is 1.35. The molecule has 0 aliphatic carbocycles. The van der Waals surface area contributed by atoms with E-state index in [4.69, 9.17) is 11.3 Å². The van der Waals surface area contributed by atoms with Gasteiger partial charge in [-0.15, -0.1) is 0 Å². The van der Waals surface area contributed by atoms with Gasteiger partial charge < -0.3 is 4.74 Å². The van der Waals surface area contributed by atoms with E-state index in [9.17, 15) is 0 Å². The molecule has 0 aliphatic heterocycles. The van der Waals surface area contributed by atoms with Gasteiger partial charge in [-0.05, 0) is 13.8 Å². The Morgan fingerprint density at radius 3 is 2.57 bits per heavy atom. The molecule has 0 bridgehead atoms. The second-order valence-electron chi connectivity index (χ2n) is 1.35. The molecule has 0 fully saturated rings. The Balaban J connectivity index is 2.98. The fraction of sp³-hybridized carbons (Fsp3) is 0.667. The van der Waals surface area contributed by atoms with Crippen LogP contribution in [0.3, 0.4) is 0 Å². The van der Waals surface area contributed by atoms with Crippen LogP contribution in [-0.2, 0) is 4.74 Å². The van der Waals surface area contributed by atoms with E-state index in [1.807, 2.05) is 13.8 Å². The Morgan fingerprint density at radius 1 is 1.86 bits per heavy atom. The molecule has 0 amide bonds. The van der Waals surface area contributed by atoms with Crippen molar-refractivity contribution in [2.45, 2.75) is 20.0 Å². The zero-order chi connectivity index (χ0) is 5.70. The van der Waals surface area contributed by atoms with Crippen LogP contribution in [0.25, 0.3) is 0 Å². The van der Waals surface area contributed by atoms with Crippen LogP contribution in [0.2, 0.25) is 0 Å². The van der Waals surface area contributed by atoms with E-state index < -0.39 is 0 Å². The lowest BCUT2D eigenvalue weighted by Crippen LogP contribution is -2.01. The van der Waals surface area contributed by atoms with Crippen molar-refractivity contribution in [2.24, 2.45) is 0 Å². The predicted molar refractivity (Wildman–Crippen MR) is 30.0 cm³/mol. The summed E-state index contributed by atoms with van der Waals surface area (Å²) < 4.78 is 5.01. The number of hydrogen-bond acceptors (Lipinski definition) is 1. The van der Waals surface area contributed by atoms with Crippen molar-refractivity contribution in [1.82, 2.24) is 0 Å². The minimum Gasteiger partial charge on any atom is -0.375 e. The van der Waals surface area contributed by atoms with Gasteiger partial charge in [0.25, 0.3) is 0 Å². The average molecular weight is 99.2 g/mol. The van der Waals surface area contributed by atoms with E-state index in [2.05, 4.69) is 0 Å². The molecular formula is C6H11O. The molecule has 0 aliphatic rings. The van der Waals surface area contributed by atoms with Crippen molar-refractivity contribution in [3.05, 3.63) is 12.7 Å². The van der Waals surface area contributed by atoms with Gasteiger partial charge in [-0.1, -0.05) is 12.7 Å². The first-order chi connectivity index (χ1) is 3.31. The maximum atomic E-state index is 5.11. The van der Waals surface area contributed by atoms with E-state index in [0.29, 0.717) is 0 Å². The second kappa shape index (κ2) is 3.88. The molecule has 41 valence electrons. The summed E-state index contributed by atoms with van der Waals surface area (Å²) in [5, 5.41) is 0. The Labute approximate surface area is 45.0 Å². The standard InChI is InChI=1S/C6H11O/c1-4-6(3)7-5-2/h1,4,6H,5H2,2-3H3. The molecule has 1 radical (unpaired) electrons. The van der Waals surface area contributed by atoms with Crippen LogP contribution in [0.5, 0.6) is 0 Å². The monoisotopic (exact) mass is 99.1 g/mol. The fourth-order valence-electron chi connectivity index (χ4n) is 0.318. The van der Waals surface area contributed by atoms with Gasteiger partial charge in [0, 0.05) is 6.61 Å². The van der Waals surface area contributed by atoms with Crippen LogP contribution in [0.15, 0.2) is 6.08 Å². The highest BCUT2D eigenvalue weighted by molar-refractivity contribution is 4.71. The molecule has 0 aromatic rings. The molecule has 0 N–H and O–H groups in total. The molecule has 0 saturated carbocycles. The molecule has 1 atom stereocenters. The van der Waals surface area contributed by atoms with Gasteiger partial charge in [-0.3, -0.25) is 0 Å². The zero-order valence-electron chi connectivity index (χ0n) is 4.85. The molecule has 1 heteroatoms. The Morgan fingerprint density at radius 2 is 2.43 bits per heavy atom. The molecule has 0 heterocycles. The van der Waals surface area contributed by atoms with E-state index in [0.717, 1.165) is 6.61 Å². The smallest absolute Gasteiger partial charge is 0.0730 e. The van der Waals surface area contributed by atoms with Gasteiger partial charge in [0.05, 0.1) is 6.10 Å². The minimum absolute atomic E-state index is 0.102. The average Bonchev–Trinajstić information content (AvgIpc) is 1.68. The van der Waals surface area contributed by atoms with Gasteiger partial charge in [0.2, 0.25) is 0 Å². The highest BCUT2D eigenvalue weighted by Crippen LogP contribution is 1.87. The predicted octanol–water partition coefficient (Wildman–Crippen LogP) is 1.40. The third kappa shape index (κ3) is 3.53. The van der Waals surface area contributed by atoms with Gasteiger partial charge in [0.15, 0.2) is 0 Å².